The molecule has 0 saturated carbocycles. The molecule has 0 aliphatic carbocycles. The van der Waals surface area contributed by atoms with Crippen molar-refractivity contribution in [1.29, 1.82) is 0 Å². The zero-order valence-electron chi connectivity index (χ0n) is 15.7. The van der Waals surface area contributed by atoms with Crippen molar-refractivity contribution in [2.45, 2.75) is 32.3 Å². The van der Waals surface area contributed by atoms with E-state index in [1.165, 1.54) is 0 Å². The normalized spacial score (nSPS) is 11.5. The average Bonchev–Trinajstić information content (AvgIpc) is 2.69. The molecule has 1 N–H and O–H groups in total. The molecule has 1 atom stereocenters. The van der Waals surface area contributed by atoms with Crippen molar-refractivity contribution in [3.63, 3.8) is 0 Å². The second-order valence-corrected chi connectivity index (χ2v) is 5.90. The molecular weight excluding hydrogens is 330 g/mol. The molecule has 1 amide bonds. The van der Waals surface area contributed by atoms with Crippen molar-refractivity contribution in [1.82, 2.24) is 5.32 Å². The fourth-order valence-electron chi connectivity index (χ4n) is 2.65. The first-order valence-corrected chi connectivity index (χ1v) is 8.88. The highest BCUT2D eigenvalue weighted by molar-refractivity contribution is 5.81. The van der Waals surface area contributed by atoms with E-state index in [4.69, 9.17) is 14.2 Å². The van der Waals surface area contributed by atoms with Crippen molar-refractivity contribution in [3.8, 4) is 17.2 Å². The largest absolute Gasteiger partial charge is 0.497 e. The van der Waals surface area contributed by atoms with Gasteiger partial charge in [0, 0.05) is 6.54 Å². The first kappa shape index (κ1) is 19.6. The Kier molecular flexibility index (Phi) is 7.80. The van der Waals surface area contributed by atoms with E-state index >= 15 is 0 Å². The maximum atomic E-state index is 12.4. The molecule has 2 aromatic carbocycles. The molecule has 0 aliphatic rings. The molecular formula is C21H27NO4. The van der Waals surface area contributed by atoms with Crippen LogP contribution in [0.2, 0.25) is 0 Å². The van der Waals surface area contributed by atoms with E-state index in [1.54, 1.807) is 26.4 Å². The first-order valence-electron chi connectivity index (χ1n) is 8.88. The minimum Gasteiger partial charge on any atom is -0.497 e. The van der Waals surface area contributed by atoms with E-state index in [-0.39, 0.29) is 5.91 Å². The summed E-state index contributed by atoms with van der Waals surface area (Å²) < 4.78 is 16.3. The van der Waals surface area contributed by atoms with E-state index in [0.29, 0.717) is 18.7 Å². The van der Waals surface area contributed by atoms with Gasteiger partial charge in [-0.05, 0) is 55.2 Å². The van der Waals surface area contributed by atoms with Crippen molar-refractivity contribution in [2.24, 2.45) is 0 Å². The number of hydrogen-bond acceptors (Lipinski definition) is 4. The van der Waals surface area contributed by atoms with Crippen LogP contribution < -0.4 is 19.5 Å². The number of methoxy groups -OCH3 is 2. The Morgan fingerprint density at radius 1 is 1.00 bits per heavy atom. The minimum atomic E-state index is -0.505. The molecule has 2 rings (SSSR count). The van der Waals surface area contributed by atoms with Gasteiger partial charge in [-0.25, -0.2) is 0 Å². The lowest BCUT2D eigenvalue weighted by Crippen LogP contribution is -2.38. The Labute approximate surface area is 155 Å². The number of amides is 1. The number of carbonyl (C=O) groups is 1. The molecule has 2 aromatic rings. The van der Waals surface area contributed by atoms with Gasteiger partial charge in [0.1, 0.15) is 17.2 Å². The predicted molar refractivity (Wildman–Crippen MR) is 102 cm³/mol. The summed E-state index contributed by atoms with van der Waals surface area (Å²) in [5.41, 5.74) is 1.14. The number of para-hydroxylation sites is 1. The van der Waals surface area contributed by atoms with Gasteiger partial charge in [-0.15, -0.1) is 0 Å². The van der Waals surface area contributed by atoms with Gasteiger partial charge in [-0.2, -0.15) is 0 Å². The van der Waals surface area contributed by atoms with Gasteiger partial charge in [0.25, 0.3) is 5.91 Å². The highest BCUT2D eigenvalue weighted by Gasteiger charge is 2.17. The smallest absolute Gasteiger partial charge is 0.261 e. The summed E-state index contributed by atoms with van der Waals surface area (Å²) in [4.78, 5) is 12.4. The number of benzene rings is 2. The summed E-state index contributed by atoms with van der Waals surface area (Å²) in [5, 5.41) is 2.95. The van der Waals surface area contributed by atoms with Gasteiger partial charge >= 0.3 is 0 Å². The molecule has 5 heteroatoms. The van der Waals surface area contributed by atoms with Crippen LogP contribution in [0.5, 0.6) is 17.2 Å². The maximum absolute atomic E-state index is 12.4. The Morgan fingerprint density at radius 2 is 1.69 bits per heavy atom. The van der Waals surface area contributed by atoms with Gasteiger partial charge in [-0.1, -0.05) is 25.1 Å². The monoisotopic (exact) mass is 357 g/mol. The van der Waals surface area contributed by atoms with Crippen LogP contribution in [-0.4, -0.2) is 32.8 Å². The number of nitrogens with one attached hydrogen (secondary N) is 1. The number of ether oxygens (including phenoxy) is 3. The molecule has 0 aliphatic heterocycles. The Hall–Kier alpha value is -2.69. The van der Waals surface area contributed by atoms with Crippen LogP contribution in [0.1, 0.15) is 25.3 Å². The summed E-state index contributed by atoms with van der Waals surface area (Å²) in [6.07, 6.45) is 1.78. The van der Waals surface area contributed by atoms with Crippen LogP contribution in [-0.2, 0) is 11.2 Å². The molecule has 0 saturated heterocycles. The van der Waals surface area contributed by atoms with Crippen LogP contribution in [0.3, 0.4) is 0 Å². The third-order valence-electron chi connectivity index (χ3n) is 4.12. The molecule has 26 heavy (non-hydrogen) atoms. The second kappa shape index (κ2) is 10.3. The molecule has 0 spiro atoms. The standard InChI is InChI=1S/C21H27NO4/c1-4-19(26-18-13-11-17(24-2)12-14-18)21(23)22-15-7-9-16-8-5-6-10-20(16)25-3/h5-6,8,10-14,19H,4,7,9,15H2,1-3H3,(H,22,23)/t19-/m0/s1. The second-order valence-electron chi connectivity index (χ2n) is 5.90. The number of hydrogen-bond donors (Lipinski definition) is 1. The highest BCUT2D eigenvalue weighted by atomic mass is 16.5. The van der Waals surface area contributed by atoms with Crippen LogP contribution in [0.15, 0.2) is 48.5 Å². The summed E-state index contributed by atoms with van der Waals surface area (Å²) in [7, 11) is 3.28. The molecule has 0 bridgehead atoms. The fourth-order valence-corrected chi connectivity index (χ4v) is 2.65. The Bertz CT molecular complexity index is 685. The van der Waals surface area contributed by atoms with Crippen LogP contribution in [0.25, 0.3) is 0 Å². The third-order valence-corrected chi connectivity index (χ3v) is 4.12. The summed E-state index contributed by atoms with van der Waals surface area (Å²) in [6, 6.07) is 15.2. The van der Waals surface area contributed by atoms with Gasteiger partial charge < -0.3 is 19.5 Å². The van der Waals surface area contributed by atoms with Crippen molar-refractivity contribution in [2.75, 3.05) is 20.8 Å². The summed E-state index contributed by atoms with van der Waals surface area (Å²) in [6.45, 7) is 2.53. The zero-order valence-corrected chi connectivity index (χ0v) is 15.7. The summed E-state index contributed by atoms with van der Waals surface area (Å²) >= 11 is 0. The van der Waals surface area contributed by atoms with E-state index in [9.17, 15) is 4.79 Å². The Balaban J connectivity index is 1.79. The fraction of sp³-hybridized carbons (Fsp3) is 0.381. The molecule has 0 unspecified atom stereocenters. The SMILES string of the molecule is CC[C@H](Oc1ccc(OC)cc1)C(=O)NCCCc1ccccc1OC. The third kappa shape index (κ3) is 5.69. The van der Waals surface area contributed by atoms with Crippen LogP contribution in [0, 0.1) is 0 Å². The molecule has 0 fully saturated rings. The van der Waals surface area contributed by atoms with E-state index in [2.05, 4.69) is 5.32 Å². The molecule has 0 radical (unpaired) electrons. The quantitative estimate of drug-likeness (QED) is 0.660. The van der Waals surface area contributed by atoms with Crippen molar-refractivity contribution in [3.05, 3.63) is 54.1 Å². The lowest BCUT2D eigenvalue weighted by Gasteiger charge is -2.17. The van der Waals surface area contributed by atoms with Crippen molar-refractivity contribution < 1.29 is 19.0 Å². The van der Waals surface area contributed by atoms with Gasteiger partial charge in [-0.3, -0.25) is 4.79 Å². The first-order chi connectivity index (χ1) is 12.7. The van der Waals surface area contributed by atoms with Crippen LogP contribution in [0.4, 0.5) is 0 Å². The summed E-state index contributed by atoms with van der Waals surface area (Å²) in [5.74, 6) is 2.20. The molecule has 140 valence electrons. The van der Waals surface area contributed by atoms with E-state index in [0.717, 1.165) is 29.9 Å². The van der Waals surface area contributed by atoms with E-state index in [1.807, 2.05) is 43.3 Å². The minimum absolute atomic E-state index is 0.0941. The molecule has 0 heterocycles. The maximum Gasteiger partial charge on any atom is 0.261 e. The van der Waals surface area contributed by atoms with Crippen molar-refractivity contribution >= 4 is 5.91 Å². The number of carbonyl (C=O) groups excluding carboxylic acids is 1. The number of aryl methyl sites for hydroxylation is 1. The molecule has 0 aromatic heterocycles. The van der Waals surface area contributed by atoms with E-state index < -0.39 is 6.10 Å². The predicted octanol–water partition coefficient (Wildman–Crippen LogP) is 3.61. The average molecular weight is 357 g/mol. The Morgan fingerprint density at radius 3 is 2.35 bits per heavy atom. The number of rotatable bonds is 10. The lowest BCUT2D eigenvalue weighted by molar-refractivity contribution is -0.128. The van der Waals surface area contributed by atoms with Gasteiger partial charge in [0.15, 0.2) is 6.10 Å². The van der Waals surface area contributed by atoms with Gasteiger partial charge in [0.2, 0.25) is 0 Å². The molecule has 5 nitrogen and oxygen atoms in total. The topological polar surface area (TPSA) is 56.8 Å². The zero-order chi connectivity index (χ0) is 18.8. The lowest BCUT2D eigenvalue weighted by atomic mass is 10.1. The highest BCUT2D eigenvalue weighted by Crippen LogP contribution is 2.20. The van der Waals surface area contributed by atoms with Crippen LogP contribution >= 0.6 is 0 Å². The van der Waals surface area contributed by atoms with Gasteiger partial charge in [0.05, 0.1) is 14.2 Å².